The third kappa shape index (κ3) is 20.5. The molecule has 0 aliphatic heterocycles. The predicted molar refractivity (Wildman–Crippen MR) is 63.6 cm³/mol. The van der Waals surface area contributed by atoms with E-state index in [2.05, 4.69) is 23.5 Å². The van der Waals surface area contributed by atoms with Crippen LogP contribution in [0.2, 0.25) is 0 Å². The third-order valence-electron chi connectivity index (χ3n) is 2.62. The maximum absolute atomic E-state index is 4.93. The van der Waals surface area contributed by atoms with E-state index in [-0.39, 0.29) is 24.8 Å². The van der Waals surface area contributed by atoms with E-state index in [1.807, 2.05) is 0 Å². The number of hydrogen-bond acceptors (Lipinski definition) is 1. The smallest absolute Gasteiger partial charge is 1.00 e. The molecule has 16 heavy (non-hydrogen) atoms. The van der Waals surface area contributed by atoms with Crippen molar-refractivity contribution in [2.75, 3.05) is 6.61 Å². The summed E-state index contributed by atoms with van der Waals surface area (Å²) in [6.07, 6.45) is 13.9. The molecule has 0 rings (SSSR count). The van der Waals surface area contributed by atoms with Gasteiger partial charge in [-0.1, -0.05) is 6.92 Å². The molecule has 0 atom stereocenters. The van der Waals surface area contributed by atoms with Crippen molar-refractivity contribution in [2.24, 2.45) is 0 Å². The first-order chi connectivity index (χ1) is 6.91. The van der Waals surface area contributed by atoms with Crippen LogP contribution in [0.3, 0.4) is 0 Å². The number of hydrogen-bond donors (Lipinski definition) is 0. The van der Waals surface area contributed by atoms with Gasteiger partial charge in [-0.3, -0.25) is 0 Å². The van der Waals surface area contributed by atoms with Crippen LogP contribution in [0.1, 0.15) is 71.1 Å². The zero-order valence-electron chi connectivity index (χ0n) is 10.5. The molecule has 0 aromatic rings. The largest absolute Gasteiger partial charge is 1.00 e. The molecule has 0 aromatic carbocycles. The Hall–Kier alpha value is 1.07. The fourth-order valence-electron chi connectivity index (χ4n) is 1.67. The minimum Gasteiger partial charge on any atom is -1.00 e. The third-order valence-corrected chi connectivity index (χ3v) is 2.85. The SMILES string of the molecule is CCCCCCCCCCCC[O][Al+2].[Cl-].[Cl-]. The standard InChI is InChI=1S/C12H25O.Al.2ClH/c1-2-3-4-5-6-7-8-9-10-11-12-13;;;/h2-12H2,1H3;;2*1H/q-1;+3;;/p-2. The second kappa shape index (κ2) is 21.4. The molecule has 0 saturated carbocycles. The predicted octanol–water partition coefficient (Wildman–Crippen LogP) is -1.98. The van der Waals surface area contributed by atoms with Gasteiger partial charge in [0.25, 0.3) is 0 Å². The van der Waals surface area contributed by atoms with Gasteiger partial charge in [0.05, 0.1) is 0 Å². The summed E-state index contributed by atoms with van der Waals surface area (Å²) in [5, 5.41) is 0. The average molecular weight is 283 g/mol. The van der Waals surface area contributed by atoms with Gasteiger partial charge in [0.1, 0.15) is 0 Å². The van der Waals surface area contributed by atoms with E-state index in [0.29, 0.717) is 0 Å². The Morgan fingerprint density at radius 2 is 1.06 bits per heavy atom. The quantitative estimate of drug-likeness (QED) is 0.315. The molecule has 0 bridgehead atoms. The van der Waals surface area contributed by atoms with Crippen LogP contribution in [-0.4, -0.2) is 23.2 Å². The molecule has 0 aromatic heterocycles. The Morgan fingerprint density at radius 1 is 0.688 bits per heavy atom. The monoisotopic (exact) mass is 282 g/mol. The van der Waals surface area contributed by atoms with Crippen LogP contribution in [0, 0.1) is 0 Å². The zero-order valence-corrected chi connectivity index (χ0v) is 13.2. The molecule has 0 spiro atoms. The minimum absolute atomic E-state index is 0. The van der Waals surface area contributed by atoms with Crippen LogP contribution < -0.4 is 24.8 Å². The summed E-state index contributed by atoms with van der Waals surface area (Å²) in [6.45, 7) is 3.18. The summed E-state index contributed by atoms with van der Waals surface area (Å²) >= 11 is 2.31. The van der Waals surface area contributed by atoms with Crippen LogP contribution >= 0.6 is 0 Å². The van der Waals surface area contributed by atoms with Crippen LogP contribution in [0.15, 0.2) is 0 Å². The second-order valence-corrected chi connectivity index (χ2v) is 4.39. The van der Waals surface area contributed by atoms with E-state index < -0.39 is 0 Å². The summed E-state index contributed by atoms with van der Waals surface area (Å²) in [4.78, 5) is 0. The van der Waals surface area contributed by atoms with Crippen molar-refractivity contribution < 1.29 is 28.6 Å². The van der Waals surface area contributed by atoms with Crippen molar-refractivity contribution in [2.45, 2.75) is 71.1 Å². The Bertz CT molecular complexity index is 93.0. The fourth-order valence-corrected chi connectivity index (χ4v) is 1.84. The van der Waals surface area contributed by atoms with Gasteiger partial charge in [0.2, 0.25) is 0 Å². The molecular weight excluding hydrogens is 258 g/mol. The van der Waals surface area contributed by atoms with E-state index in [1.54, 1.807) is 0 Å². The molecule has 1 nitrogen and oxygen atoms in total. The Labute approximate surface area is 123 Å². The maximum Gasteiger partial charge on any atom is -1.00 e. The number of halogens is 2. The molecule has 0 amide bonds. The van der Waals surface area contributed by atoms with Crippen molar-refractivity contribution in [3.63, 3.8) is 0 Å². The van der Waals surface area contributed by atoms with E-state index in [1.165, 1.54) is 64.2 Å². The maximum atomic E-state index is 4.93. The molecule has 0 fully saturated rings. The van der Waals surface area contributed by atoms with Crippen LogP contribution in [0.4, 0.5) is 0 Å². The Morgan fingerprint density at radius 3 is 1.44 bits per heavy atom. The molecule has 0 N–H and O–H groups in total. The minimum atomic E-state index is 0. The Balaban J connectivity index is -0.000000845. The summed E-state index contributed by atoms with van der Waals surface area (Å²) in [6, 6.07) is 0. The van der Waals surface area contributed by atoms with Gasteiger partial charge in [-0.25, -0.2) is 0 Å². The summed E-state index contributed by atoms with van der Waals surface area (Å²) in [7, 11) is 0. The van der Waals surface area contributed by atoms with Gasteiger partial charge in [0.15, 0.2) is 0 Å². The molecule has 4 heteroatoms. The summed E-state index contributed by atoms with van der Waals surface area (Å²) in [5.74, 6) is 0. The van der Waals surface area contributed by atoms with Crippen molar-refractivity contribution in [1.82, 2.24) is 0 Å². The zero-order chi connectivity index (χ0) is 10.5. The normalized spacial score (nSPS) is 9.44. The van der Waals surface area contributed by atoms with E-state index in [9.17, 15) is 0 Å². The van der Waals surface area contributed by atoms with Crippen molar-refractivity contribution in [1.29, 1.82) is 0 Å². The van der Waals surface area contributed by atoms with Gasteiger partial charge >= 0.3 is 91.2 Å². The van der Waals surface area contributed by atoms with Gasteiger partial charge in [-0.05, 0) is 0 Å². The average Bonchev–Trinajstić information content (AvgIpc) is 2.21. The van der Waals surface area contributed by atoms with Gasteiger partial charge in [-0.2, -0.15) is 0 Å². The van der Waals surface area contributed by atoms with E-state index in [0.717, 1.165) is 6.61 Å². The molecule has 96 valence electrons. The van der Waals surface area contributed by atoms with Crippen molar-refractivity contribution in [3.8, 4) is 0 Å². The van der Waals surface area contributed by atoms with Crippen LogP contribution in [0.5, 0.6) is 0 Å². The van der Waals surface area contributed by atoms with Crippen LogP contribution in [-0.2, 0) is 3.79 Å². The topological polar surface area (TPSA) is 9.23 Å². The molecular formula is C12H25AlCl2O. The van der Waals surface area contributed by atoms with Gasteiger partial charge in [0, 0.05) is 0 Å². The molecule has 0 heterocycles. The van der Waals surface area contributed by atoms with Gasteiger partial charge in [-0.15, -0.1) is 0 Å². The molecule has 0 radical (unpaired) electrons. The number of unbranched alkanes of at least 4 members (excludes halogenated alkanes) is 9. The first-order valence-electron chi connectivity index (χ1n) is 6.23. The molecule has 0 aliphatic carbocycles. The Kier molecular flexibility index (Phi) is 29.7. The first-order valence-corrected chi connectivity index (χ1v) is 6.70. The van der Waals surface area contributed by atoms with Crippen molar-refractivity contribution >= 4 is 16.6 Å². The first kappa shape index (κ1) is 22.3. The van der Waals surface area contributed by atoms with E-state index in [4.69, 9.17) is 3.79 Å². The van der Waals surface area contributed by atoms with Crippen molar-refractivity contribution in [3.05, 3.63) is 0 Å². The molecule has 0 unspecified atom stereocenters. The fraction of sp³-hybridized carbons (Fsp3) is 1.00. The van der Waals surface area contributed by atoms with Gasteiger partial charge < -0.3 is 24.8 Å². The summed E-state index contributed by atoms with van der Waals surface area (Å²) in [5.41, 5.74) is 0. The number of rotatable bonds is 11. The molecule has 0 aliphatic rings. The molecule has 0 saturated heterocycles. The summed E-state index contributed by atoms with van der Waals surface area (Å²) < 4.78 is 4.93. The van der Waals surface area contributed by atoms with Crippen LogP contribution in [0.25, 0.3) is 0 Å². The second-order valence-electron chi connectivity index (χ2n) is 4.05. The van der Waals surface area contributed by atoms with E-state index >= 15 is 0 Å².